The Balaban J connectivity index is 1.75. The minimum Gasteiger partial charge on any atom is -0.448 e. The normalized spacial score (nSPS) is 17.9. The van der Waals surface area contributed by atoms with E-state index in [9.17, 15) is 9.59 Å². The van der Waals surface area contributed by atoms with Gasteiger partial charge in [0.05, 0.1) is 0 Å². The number of aromatic nitrogens is 1. The molecule has 0 bridgehead atoms. The van der Waals surface area contributed by atoms with Crippen molar-refractivity contribution in [3.05, 3.63) is 53.9 Å². The Bertz CT molecular complexity index is 694. The molecule has 1 aliphatic rings. The second-order valence-electron chi connectivity index (χ2n) is 5.52. The van der Waals surface area contributed by atoms with Crippen molar-refractivity contribution in [3.8, 4) is 0 Å². The Kier molecular flexibility index (Phi) is 3.71. The van der Waals surface area contributed by atoms with Gasteiger partial charge in [-0.25, -0.2) is 4.79 Å². The fourth-order valence-corrected chi connectivity index (χ4v) is 2.83. The van der Waals surface area contributed by atoms with Gasteiger partial charge in [-0.2, -0.15) is 0 Å². The number of H-pyrrole nitrogens is 1. The van der Waals surface area contributed by atoms with Crippen LogP contribution in [-0.2, 0) is 16.0 Å². The zero-order chi connectivity index (χ0) is 15.7. The molecular formula is C17H18N2O3. The highest BCUT2D eigenvalue weighted by atomic mass is 16.5. The molecule has 22 heavy (non-hydrogen) atoms. The average molecular weight is 298 g/mol. The van der Waals surface area contributed by atoms with Crippen LogP contribution in [-0.4, -0.2) is 29.0 Å². The summed E-state index contributed by atoms with van der Waals surface area (Å²) in [7, 11) is 0. The first-order chi connectivity index (χ1) is 10.6. The molecule has 5 heteroatoms. The number of hydrogen-bond acceptors (Lipinski definition) is 3. The molecule has 5 nitrogen and oxygen atoms in total. The number of esters is 1. The summed E-state index contributed by atoms with van der Waals surface area (Å²) >= 11 is 0. The fraction of sp³-hybridized carbons (Fsp3) is 0.294. The summed E-state index contributed by atoms with van der Waals surface area (Å²) in [5.41, 5.74) is 2.39. The van der Waals surface area contributed by atoms with Crippen LogP contribution in [0.1, 0.15) is 29.9 Å². The van der Waals surface area contributed by atoms with Crippen molar-refractivity contribution < 1.29 is 14.3 Å². The number of ether oxygens (including phenoxy) is 1. The van der Waals surface area contributed by atoms with E-state index >= 15 is 0 Å². The molecule has 0 radical (unpaired) electrons. The largest absolute Gasteiger partial charge is 0.448 e. The van der Waals surface area contributed by atoms with Crippen molar-refractivity contribution in [2.24, 2.45) is 0 Å². The van der Waals surface area contributed by atoms with E-state index in [0.29, 0.717) is 5.69 Å². The highest BCUT2D eigenvalue weighted by Crippen LogP contribution is 2.32. The third kappa shape index (κ3) is 2.50. The molecule has 3 rings (SSSR count). The van der Waals surface area contributed by atoms with E-state index in [2.05, 4.69) is 4.98 Å². The topological polar surface area (TPSA) is 62.4 Å². The molecule has 0 aliphatic carbocycles. The second-order valence-corrected chi connectivity index (χ2v) is 5.52. The number of rotatable bonds is 3. The number of aromatic amines is 1. The number of hydrogen-bond donors (Lipinski definition) is 1. The SMILES string of the molecule is C[C@@H](OC(=O)c1ccc[nH]1)C(=O)N1c2ccccc2C[C@@H]1C. The molecule has 2 heterocycles. The van der Waals surface area contributed by atoms with E-state index in [0.717, 1.165) is 17.7 Å². The summed E-state index contributed by atoms with van der Waals surface area (Å²) in [4.78, 5) is 29.1. The number of benzene rings is 1. The molecular weight excluding hydrogens is 280 g/mol. The number of para-hydroxylation sites is 1. The molecule has 1 aromatic heterocycles. The molecule has 0 fully saturated rings. The molecule has 114 valence electrons. The smallest absolute Gasteiger partial charge is 0.355 e. The van der Waals surface area contributed by atoms with Crippen LogP contribution in [0, 0.1) is 0 Å². The second kappa shape index (κ2) is 5.67. The molecule has 2 aromatic rings. The summed E-state index contributed by atoms with van der Waals surface area (Å²) < 4.78 is 5.27. The molecule has 1 amide bonds. The van der Waals surface area contributed by atoms with Gasteiger partial charge in [-0.05, 0) is 44.0 Å². The Morgan fingerprint density at radius 2 is 2.05 bits per heavy atom. The Morgan fingerprint density at radius 1 is 1.27 bits per heavy atom. The molecule has 2 atom stereocenters. The predicted molar refractivity (Wildman–Crippen MR) is 82.8 cm³/mol. The van der Waals surface area contributed by atoms with Crippen molar-refractivity contribution in [3.63, 3.8) is 0 Å². The lowest BCUT2D eigenvalue weighted by molar-refractivity contribution is -0.126. The molecule has 0 unspecified atom stereocenters. The van der Waals surface area contributed by atoms with E-state index in [1.54, 1.807) is 30.2 Å². The van der Waals surface area contributed by atoms with Gasteiger partial charge in [0, 0.05) is 17.9 Å². The van der Waals surface area contributed by atoms with E-state index in [4.69, 9.17) is 4.74 Å². The van der Waals surface area contributed by atoms with Crippen LogP contribution in [0.4, 0.5) is 5.69 Å². The maximum absolute atomic E-state index is 12.7. The van der Waals surface area contributed by atoms with E-state index in [1.807, 2.05) is 31.2 Å². The molecule has 1 aromatic carbocycles. The predicted octanol–water partition coefficient (Wildman–Crippen LogP) is 2.54. The minimum atomic E-state index is -0.829. The summed E-state index contributed by atoms with van der Waals surface area (Å²) in [6, 6.07) is 11.2. The molecule has 1 aliphatic heterocycles. The maximum Gasteiger partial charge on any atom is 0.355 e. The highest BCUT2D eigenvalue weighted by Gasteiger charge is 2.34. The monoisotopic (exact) mass is 298 g/mol. The zero-order valence-electron chi connectivity index (χ0n) is 12.6. The van der Waals surface area contributed by atoms with Crippen molar-refractivity contribution in [2.75, 3.05) is 4.90 Å². The number of nitrogens with one attached hydrogen (secondary N) is 1. The van der Waals surface area contributed by atoms with Crippen molar-refractivity contribution in [2.45, 2.75) is 32.4 Å². The van der Waals surface area contributed by atoms with Crippen LogP contribution >= 0.6 is 0 Å². The summed E-state index contributed by atoms with van der Waals surface area (Å²) in [6.45, 7) is 3.61. The van der Waals surface area contributed by atoms with Gasteiger partial charge in [0.1, 0.15) is 5.69 Å². The number of nitrogens with zero attached hydrogens (tertiary/aromatic N) is 1. The summed E-state index contributed by atoms with van der Waals surface area (Å²) in [5.74, 6) is -0.719. The van der Waals surface area contributed by atoms with Gasteiger partial charge in [0.2, 0.25) is 0 Å². The Labute approximate surface area is 128 Å². The average Bonchev–Trinajstić information content (AvgIpc) is 3.13. The van der Waals surface area contributed by atoms with Crippen LogP contribution in [0.2, 0.25) is 0 Å². The fourth-order valence-electron chi connectivity index (χ4n) is 2.83. The maximum atomic E-state index is 12.7. The van der Waals surface area contributed by atoms with Gasteiger partial charge in [-0.1, -0.05) is 18.2 Å². The van der Waals surface area contributed by atoms with Gasteiger partial charge in [-0.3, -0.25) is 4.79 Å². The van der Waals surface area contributed by atoms with Crippen molar-refractivity contribution in [1.82, 2.24) is 4.98 Å². The van der Waals surface area contributed by atoms with Gasteiger partial charge < -0.3 is 14.6 Å². The number of fused-ring (bicyclic) bond motifs is 1. The van der Waals surface area contributed by atoms with Crippen LogP contribution in [0.5, 0.6) is 0 Å². The Morgan fingerprint density at radius 3 is 2.77 bits per heavy atom. The lowest BCUT2D eigenvalue weighted by atomic mass is 10.1. The first-order valence-corrected chi connectivity index (χ1v) is 7.33. The zero-order valence-corrected chi connectivity index (χ0v) is 12.6. The highest BCUT2D eigenvalue weighted by molar-refractivity contribution is 6.00. The first kappa shape index (κ1) is 14.4. The van der Waals surface area contributed by atoms with Gasteiger partial charge in [0.25, 0.3) is 5.91 Å². The van der Waals surface area contributed by atoms with Crippen molar-refractivity contribution >= 4 is 17.6 Å². The number of carbonyl (C=O) groups excluding carboxylic acids is 2. The lowest BCUT2D eigenvalue weighted by Gasteiger charge is -2.25. The summed E-state index contributed by atoms with van der Waals surface area (Å²) in [6.07, 6.45) is 1.63. The Hall–Kier alpha value is -2.56. The molecule has 1 N–H and O–H groups in total. The van der Waals surface area contributed by atoms with Gasteiger partial charge in [0.15, 0.2) is 6.10 Å². The third-order valence-electron chi connectivity index (χ3n) is 3.89. The number of carbonyl (C=O) groups is 2. The van der Waals surface area contributed by atoms with Crippen LogP contribution < -0.4 is 4.90 Å². The summed E-state index contributed by atoms with van der Waals surface area (Å²) in [5, 5.41) is 0. The van der Waals surface area contributed by atoms with E-state index in [-0.39, 0.29) is 11.9 Å². The third-order valence-corrected chi connectivity index (χ3v) is 3.89. The molecule has 0 saturated carbocycles. The van der Waals surface area contributed by atoms with Crippen LogP contribution in [0.3, 0.4) is 0 Å². The van der Waals surface area contributed by atoms with Crippen molar-refractivity contribution in [1.29, 1.82) is 0 Å². The lowest BCUT2D eigenvalue weighted by Crippen LogP contribution is -2.43. The molecule has 0 saturated heterocycles. The minimum absolute atomic E-state index is 0.0662. The van der Waals surface area contributed by atoms with E-state index < -0.39 is 12.1 Å². The number of amides is 1. The first-order valence-electron chi connectivity index (χ1n) is 7.33. The number of anilines is 1. The van der Waals surface area contributed by atoms with Crippen LogP contribution in [0.25, 0.3) is 0 Å². The standard InChI is InChI=1S/C17H18N2O3/c1-11-10-13-6-3-4-8-15(13)19(11)16(20)12(2)22-17(21)14-7-5-9-18-14/h3-9,11-12,18H,10H2,1-2H3/t11-,12+/m0/s1. The quantitative estimate of drug-likeness (QED) is 0.886. The van der Waals surface area contributed by atoms with E-state index in [1.165, 1.54) is 0 Å². The van der Waals surface area contributed by atoms with Gasteiger partial charge >= 0.3 is 5.97 Å². The van der Waals surface area contributed by atoms with Gasteiger partial charge in [-0.15, -0.1) is 0 Å². The molecule has 0 spiro atoms. The van der Waals surface area contributed by atoms with Crippen LogP contribution in [0.15, 0.2) is 42.6 Å².